The van der Waals surface area contributed by atoms with Gasteiger partial charge in [0.25, 0.3) is 5.56 Å². The molecule has 3 heterocycles. The van der Waals surface area contributed by atoms with Crippen molar-refractivity contribution in [2.75, 3.05) is 24.7 Å². The third-order valence-electron chi connectivity index (χ3n) is 3.04. The summed E-state index contributed by atoms with van der Waals surface area (Å²) >= 11 is 0. The molecule has 1 aliphatic heterocycles. The molecule has 0 spiro atoms. The van der Waals surface area contributed by atoms with Gasteiger partial charge in [-0.05, 0) is 6.92 Å². The number of aromatic amines is 1. The van der Waals surface area contributed by atoms with E-state index in [1.54, 1.807) is 18.3 Å². The number of anilines is 1. The predicted molar refractivity (Wildman–Crippen MR) is 63.4 cm³/mol. The van der Waals surface area contributed by atoms with Crippen LogP contribution in [0.1, 0.15) is 6.92 Å². The number of aromatic nitrogens is 3. The van der Waals surface area contributed by atoms with E-state index in [1.165, 1.54) is 4.52 Å². The highest BCUT2D eigenvalue weighted by atomic mass is 16.5. The van der Waals surface area contributed by atoms with Crippen molar-refractivity contribution >= 4 is 11.5 Å². The molecule has 6 nitrogen and oxygen atoms in total. The molecule has 0 bridgehead atoms. The molecule has 0 amide bonds. The van der Waals surface area contributed by atoms with Crippen molar-refractivity contribution in [3.63, 3.8) is 0 Å². The van der Waals surface area contributed by atoms with Gasteiger partial charge in [-0.2, -0.15) is 9.61 Å². The van der Waals surface area contributed by atoms with E-state index >= 15 is 0 Å². The molecule has 0 unspecified atom stereocenters. The zero-order valence-electron chi connectivity index (χ0n) is 9.59. The average Bonchev–Trinajstić information content (AvgIpc) is 2.78. The third-order valence-corrected chi connectivity index (χ3v) is 3.04. The minimum absolute atomic E-state index is 0.113. The van der Waals surface area contributed by atoms with Crippen LogP contribution in [0.3, 0.4) is 0 Å². The molecule has 2 aromatic heterocycles. The van der Waals surface area contributed by atoms with Gasteiger partial charge in [-0.25, -0.2) is 0 Å². The highest BCUT2D eigenvalue weighted by molar-refractivity contribution is 5.48. The summed E-state index contributed by atoms with van der Waals surface area (Å²) in [5.74, 6) is 0.832. The number of H-pyrrole nitrogens is 1. The fourth-order valence-corrected chi connectivity index (χ4v) is 2.16. The van der Waals surface area contributed by atoms with Gasteiger partial charge >= 0.3 is 0 Å². The molecular weight excluding hydrogens is 220 g/mol. The van der Waals surface area contributed by atoms with Gasteiger partial charge in [0.05, 0.1) is 25.5 Å². The summed E-state index contributed by atoms with van der Waals surface area (Å²) in [7, 11) is 0. The number of rotatable bonds is 1. The van der Waals surface area contributed by atoms with Crippen molar-refractivity contribution in [3.8, 4) is 0 Å². The Kier molecular flexibility index (Phi) is 2.36. The summed E-state index contributed by atoms with van der Waals surface area (Å²) in [4.78, 5) is 17.2. The molecule has 1 N–H and O–H groups in total. The fraction of sp³-hybridized carbons (Fsp3) is 0.455. The molecule has 0 aromatic carbocycles. The van der Waals surface area contributed by atoms with E-state index in [1.807, 2.05) is 0 Å². The lowest BCUT2D eigenvalue weighted by Crippen LogP contribution is -2.44. The quantitative estimate of drug-likeness (QED) is 0.768. The van der Waals surface area contributed by atoms with Crippen molar-refractivity contribution in [2.24, 2.45) is 0 Å². The molecule has 6 heteroatoms. The van der Waals surface area contributed by atoms with Crippen LogP contribution in [0.25, 0.3) is 5.65 Å². The summed E-state index contributed by atoms with van der Waals surface area (Å²) in [5.41, 5.74) is 0.601. The first-order valence-corrected chi connectivity index (χ1v) is 5.67. The minimum atomic E-state index is -0.113. The van der Waals surface area contributed by atoms with Gasteiger partial charge in [0, 0.05) is 18.7 Å². The Labute approximate surface area is 97.8 Å². The van der Waals surface area contributed by atoms with E-state index in [0.29, 0.717) is 18.9 Å². The van der Waals surface area contributed by atoms with Gasteiger partial charge < -0.3 is 14.6 Å². The summed E-state index contributed by atoms with van der Waals surface area (Å²) < 4.78 is 6.74. The van der Waals surface area contributed by atoms with Gasteiger partial charge in [-0.3, -0.25) is 4.79 Å². The Hall–Kier alpha value is -1.82. The van der Waals surface area contributed by atoms with Gasteiger partial charge in [0.1, 0.15) is 11.5 Å². The predicted octanol–water partition coefficient (Wildman–Crippen LogP) is 0.248. The number of nitrogens with zero attached hydrogens (tertiary/aromatic N) is 3. The lowest BCUT2D eigenvalue weighted by molar-refractivity contribution is 0.0985. The normalized spacial score (nSPS) is 21.0. The Morgan fingerprint density at radius 1 is 1.59 bits per heavy atom. The maximum Gasteiger partial charge on any atom is 0.276 e. The standard InChI is InChI=1S/C11H14N4O2/c1-8-7-17-5-4-14(8)10-6-11(16)15-9(13-10)2-3-12-15/h2-3,6,8,13H,4-5,7H2,1H3/t8-/m1/s1. The van der Waals surface area contributed by atoms with Gasteiger partial charge in [0.2, 0.25) is 0 Å². The van der Waals surface area contributed by atoms with Crippen molar-refractivity contribution < 1.29 is 4.74 Å². The minimum Gasteiger partial charge on any atom is -0.377 e. The first kappa shape index (κ1) is 10.3. The van der Waals surface area contributed by atoms with Crippen molar-refractivity contribution in [1.82, 2.24) is 14.6 Å². The highest BCUT2D eigenvalue weighted by Crippen LogP contribution is 2.16. The summed E-state index contributed by atoms with van der Waals surface area (Å²) in [6, 6.07) is 3.64. The van der Waals surface area contributed by atoms with E-state index in [2.05, 4.69) is 21.9 Å². The number of nitrogens with one attached hydrogen (secondary N) is 1. The molecule has 3 rings (SSSR count). The highest BCUT2D eigenvalue weighted by Gasteiger charge is 2.20. The van der Waals surface area contributed by atoms with E-state index < -0.39 is 0 Å². The van der Waals surface area contributed by atoms with E-state index in [4.69, 9.17) is 4.74 Å². The van der Waals surface area contributed by atoms with Crippen LogP contribution in [0.2, 0.25) is 0 Å². The molecule has 0 aliphatic carbocycles. The number of hydrogen-bond acceptors (Lipinski definition) is 4. The molecule has 1 atom stereocenters. The van der Waals surface area contributed by atoms with Crippen LogP contribution in [0.15, 0.2) is 23.1 Å². The molecule has 0 radical (unpaired) electrons. The number of morpholine rings is 1. The Morgan fingerprint density at radius 2 is 2.47 bits per heavy atom. The maximum atomic E-state index is 11.8. The number of hydrogen-bond donors (Lipinski definition) is 1. The van der Waals surface area contributed by atoms with Crippen LogP contribution in [-0.2, 0) is 4.74 Å². The Morgan fingerprint density at radius 3 is 3.29 bits per heavy atom. The number of fused-ring (bicyclic) bond motifs is 1. The zero-order valence-corrected chi connectivity index (χ0v) is 9.59. The fourth-order valence-electron chi connectivity index (χ4n) is 2.16. The smallest absolute Gasteiger partial charge is 0.276 e. The molecule has 1 fully saturated rings. The van der Waals surface area contributed by atoms with E-state index in [0.717, 1.165) is 12.4 Å². The Balaban J connectivity index is 2.07. The molecule has 1 saturated heterocycles. The van der Waals surface area contributed by atoms with Crippen LogP contribution >= 0.6 is 0 Å². The number of ether oxygens (including phenoxy) is 1. The maximum absolute atomic E-state index is 11.8. The van der Waals surface area contributed by atoms with Crippen LogP contribution in [0, 0.1) is 0 Å². The summed E-state index contributed by atoms with van der Waals surface area (Å²) in [6.45, 7) is 4.25. The topological polar surface area (TPSA) is 62.6 Å². The second-order valence-corrected chi connectivity index (χ2v) is 4.24. The molecular formula is C11H14N4O2. The van der Waals surface area contributed by atoms with Gasteiger partial charge in [-0.15, -0.1) is 0 Å². The van der Waals surface area contributed by atoms with Crippen LogP contribution in [0.4, 0.5) is 5.82 Å². The van der Waals surface area contributed by atoms with Crippen molar-refractivity contribution in [2.45, 2.75) is 13.0 Å². The monoisotopic (exact) mass is 234 g/mol. The molecule has 2 aromatic rings. The molecule has 1 aliphatic rings. The van der Waals surface area contributed by atoms with Crippen molar-refractivity contribution in [3.05, 3.63) is 28.7 Å². The van der Waals surface area contributed by atoms with Crippen LogP contribution in [0.5, 0.6) is 0 Å². The zero-order chi connectivity index (χ0) is 11.8. The summed E-state index contributed by atoms with van der Waals surface area (Å²) in [5, 5.41) is 3.95. The first-order valence-electron chi connectivity index (χ1n) is 5.67. The molecule has 0 saturated carbocycles. The molecule has 17 heavy (non-hydrogen) atoms. The third kappa shape index (κ3) is 1.70. The van der Waals surface area contributed by atoms with Crippen LogP contribution in [-0.4, -0.2) is 40.4 Å². The Bertz CT molecular complexity index is 588. The van der Waals surface area contributed by atoms with Gasteiger partial charge in [0.15, 0.2) is 0 Å². The van der Waals surface area contributed by atoms with E-state index in [-0.39, 0.29) is 11.6 Å². The second-order valence-electron chi connectivity index (χ2n) is 4.24. The average molecular weight is 234 g/mol. The van der Waals surface area contributed by atoms with Crippen LogP contribution < -0.4 is 10.5 Å². The largest absolute Gasteiger partial charge is 0.377 e. The first-order chi connectivity index (χ1) is 8.25. The summed E-state index contributed by atoms with van der Waals surface area (Å²) in [6.07, 6.45) is 1.61. The van der Waals surface area contributed by atoms with Gasteiger partial charge in [-0.1, -0.05) is 0 Å². The molecule has 90 valence electrons. The lowest BCUT2D eigenvalue weighted by Gasteiger charge is -2.34. The van der Waals surface area contributed by atoms with E-state index in [9.17, 15) is 4.79 Å². The lowest BCUT2D eigenvalue weighted by atomic mass is 10.2. The SMILES string of the molecule is C[C@@H]1COCCN1c1cc(=O)n2nccc2[nH]1. The van der Waals surface area contributed by atoms with Crippen molar-refractivity contribution in [1.29, 1.82) is 0 Å². The second kappa shape index (κ2) is 3.89.